The molecule has 26 heavy (non-hydrogen) atoms. The molecule has 1 fully saturated rings. The van der Waals surface area contributed by atoms with Gasteiger partial charge in [0.05, 0.1) is 6.61 Å². The number of hydrogen-bond acceptors (Lipinski definition) is 4. The lowest BCUT2D eigenvalue weighted by Crippen LogP contribution is -2.44. The largest absolute Gasteiger partial charge is 0.465 e. The zero-order chi connectivity index (χ0) is 18.7. The molecule has 2 heterocycles. The Morgan fingerprint density at radius 1 is 1.23 bits per heavy atom. The smallest absolute Gasteiger partial charge is 0.315 e. The van der Waals surface area contributed by atoms with Crippen LogP contribution in [0.1, 0.15) is 31.2 Å². The molecule has 3 rings (SSSR count). The van der Waals surface area contributed by atoms with Gasteiger partial charge in [0, 0.05) is 31.2 Å². The lowest BCUT2D eigenvalue weighted by Gasteiger charge is -2.32. The number of benzene rings is 1. The Morgan fingerprint density at radius 2 is 1.92 bits per heavy atom. The minimum atomic E-state index is -0.433. The fourth-order valence-electron chi connectivity index (χ4n) is 3.76. The van der Waals surface area contributed by atoms with Crippen molar-refractivity contribution in [3.05, 3.63) is 42.5 Å². The Hall–Kier alpha value is -2.63. The van der Waals surface area contributed by atoms with Gasteiger partial charge in [-0.15, -0.1) is 0 Å². The maximum absolute atomic E-state index is 13.1. The molecule has 1 aromatic carbocycles. The number of ether oxygens (including phenoxy) is 1. The fraction of sp³-hybridized carbons (Fsp3) is 0.450. The van der Waals surface area contributed by atoms with Crippen molar-refractivity contribution >= 4 is 23.5 Å². The molecule has 0 bridgehead atoms. The van der Waals surface area contributed by atoms with Gasteiger partial charge in [0.1, 0.15) is 5.92 Å². The molecule has 0 aromatic heterocycles. The monoisotopic (exact) mass is 356 g/mol. The van der Waals surface area contributed by atoms with Crippen molar-refractivity contribution in [2.45, 2.75) is 25.7 Å². The standard InChI is InChI=1S/C20H24N2O4/c1-3-18(23)21-11-9-14(10-12-21)19(24)22-13-16(20(25)26-4-2)15-7-5-6-8-17(15)22/h3,5-8,14,16H,1,4,9-13H2,2H3. The molecule has 0 radical (unpaired) electrons. The van der Waals surface area contributed by atoms with Crippen molar-refractivity contribution in [3.8, 4) is 0 Å². The summed E-state index contributed by atoms with van der Waals surface area (Å²) < 4.78 is 5.18. The van der Waals surface area contributed by atoms with Crippen LogP contribution in [0.25, 0.3) is 0 Å². The third-order valence-electron chi connectivity index (χ3n) is 5.14. The van der Waals surface area contributed by atoms with Crippen molar-refractivity contribution in [1.29, 1.82) is 0 Å². The molecule has 1 unspecified atom stereocenters. The average molecular weight is 356 g/mol. The van der Waals surface area contributed by atoms with E-state index < -0.39 is 5.92 Å². The lowest BCUT2D eigenvalue weighted by molar-refractivity contribution is -0.144. The number of fused-ring (bicyclic) bond motifs is 1. The van der Waals surface area contributed by atoms with E-state index in [4.69, 9.17) is 4.74 Å². The van der Waals surface area contributed by atoms with Crippen LogP contribution in [-0.4, -0.2) is 48.9 Å². The molecule has 6 heteroatoms. The molecule has 2 aliphatic heterocycles. The van der Waals surface area contributed by atoms with Crippen LogP contribution in [0.15, 0.2) is 36.9 Å². The molecule has 0 N–H and O–H groups in total. The second-order valence-electron chi connectivity index (χ2n) is 6.62. The zero-order valence-electron chi connectivity index (χ0n) is 15.0. The topological polar surface area (TPSA) is 66.9 Å². The van der Waals surface area contributed by atoms with E-state index in [-0.39, 0.29) is 23.7 Å². The number of hydrogen-bond donors (Lipinski definition) is 0. The van der Waals surface area contributed by atoms with E-state index in [1.54, 1.807) is 16.7 Å². The van der Waals surface area contributed by atoms with Crippen molar-refractivity contribution in [1.82, 2.24) is 4.90 Å². The van der Waals surface area contributed by atoms with Gasteiger partial charge in [-0.05, 0) is 37.5 Å². The van der Waals surface area contributed by atoms with Gasteiger partial charge in [-0.25, -0.2) is 0 Å². The number of nitrogens with zero attached hydrogens (tertiary/aromatic N) is 2. The first-order valence-corrected chi connectivity index (χ1v) is 9.05. The Bertz CT molecular complexity index is 722. The minimum absolute atomic E-state index is 0.0231. The van der Waals surface area contributed by atoms with Crippen molar-refractivity contribution in [3.63, 3.8) is 0 Å². The first kappa shape index (κ1) is 18.2. The van der Waals surface area contributed by atoms with E-state index in [0.29, 0.717) is 39.1 Å². The first-order chi connectivity index (χ1) is 12.6. The summed E-state index contributed by atoms with van der Waals surface area (Å²) in [5, 5.41) is 0. The quantitative estimate of drug-likeness (QED) is 0.612. The highest BCUT2D eigenvalue weighted by atomic mass is 16.5. The number of carbonyl (C=O) groups is 3. The zero-order valence-corrected chi connectivity index (χ0v) is 15.0. The SMILES string of the molecule is C=CC(=O)N1CCC(C(=O)N2CC(C(=O)OCC)c3ccccc32)CC1. The van der Waals surface area contributed by atoms with Gasteiger partial charge in [0.2, 0.25) is 11.8 Å². The third-order valence-corrected chi connectivity index (χ3v) is 5.14. The Morgan fingerprint density at radius 3 is 2.58 bits per heavy atom. The predicted molar refractivity (Wildman–Crippen MR) is 97.7 cm³/mol. The highest BCUT2D eigenvalue weighted by molar-refractivity contribution is 6.00. The van der Waals surface area contributed by atoms with Gasteiger partial charge in [-0.3, -0.25) is 14.4 Å². The highest BCUT2D eigenvalue weighted by Gasteiger charge is 2.40. The molecule has 1 atom stereocenters. The van der Waals surface area contributed by atoms with Gasteiger partial charge in [-0.1, -0.05) is 24.8 Å². The number of carbonyl (C=O) groups excluding carboxylic acids is 3. The number of piperidine rings is 1. The summed E-state index contributed by atoms with van der Waals surface area (Å²) >= 11 is 0. The molecule has 138 valence electrons. The van der Waals surface area contributed by atoms with Crippen molar-refractivity contribution in [2.24, 2.45) is 5.92 Å². The molecule has 0 aliphatic carbocycles. The highest BCUT2D eigenvalue weighted by Crippen LogP contribution is 2.38. The van der Waals surface area contributed by atoms with Crippen molar-refractivity contribution in [2.75, 3.05) is 31.1 Å². The number of likely N-dealkylation sites (tertiary alicyclic amines) is 1. The van der Waals surface area contributed by atoms with E-state index in [9.17, 15) is 14.4 Å². The van der Waals surface area contributed by atoms with Gasteiger partial charge in [0.25, 0.3) is 0 Å². The van der Waals surface area contributed by atoms with Crippen LogP contribution in [0.5, 0.6) is 0 Å². The maximum atomic E-state index is 13.1. The Labute approximate surface area is 153 Å². The summed E-state index contributed by atoms with van der Waals surface area (Å²) in [7, 11) is 0. The summed E-state index contributed by atoms with van der Waals surface area (Å²) in [4.78, 5) is 40.5. The van der Waals surface area contributed by atoms with Crippen LogP contribution in [0.4, 0.5) is 5.69 Å². The molecule has 2 amide bonds. The second kappa shape index (κ2) is 7.72. The molecule has 6 nitrogen and oxygen atoms in total. The summed E-state index contributed by atoms with van der Waals surface area (Å²) in [5.74, 6) is -0.934. The van der Waals surface area contributed by atoms with Crippen LogP contribution in [0.2, 0.25) is 0 Å². The minimum Gasteiger partial charge on any atom is -0.465 e. The third kappa shape index (κ3) is 3.36. The van der Waals surface area contributed by atoms with Gasteiger partial charge < -0.3 is 14.5 Å². The molecular weight excluding hydrogens is 332 g/mol. The lowest BCUT2D eigenvalue weighted by atomic mass is 9.95. The van der Waals surface area contributed by atoms with Gasteiger partial charge in [-0.2, -0.15) is 0 Å². The van der Waals surface area contributed by atoms with E-state index in [2.05, 4.69) is 6.58 Å². The van der Waals surface area contributed by atoms with Gasteiger partial charge in [0.15, 0.2) is 0 Å². The number of anilines is 1. The van der Waals surface area contributed by atoms with Crippen LogP contribution < -0.4 is 4.90 Å². The molecule has 0 spiro atoms. The van der Waals surface area contributed by atoms with Crippen LogP contribution >= 0.6 is 0 Å². The predicted octanol–water partition coefficient (Wildman–Crippen LogP) is 2.10. The van der Waals surface area contributed by atoms with E-state index in [1.807, 2.05) is 24.3 Å². The molecule has 2 aliphatic rings. The summed E-state index contributed by atoms with van der Waals surface area (Å²) in [6.45, 7) is 7.04. The number of rotatable bonds is 4. The summed E-state index contributed by atoms with van der Waals surface area (Å²) in [5.41, 5.74) is 1.64. The summed E-state index contributed by atoms with van der Waals surface area (Å²) in [6, 6.07) is 7.51. The van der Waals surface area contributed by atoms with Crippen LogP contribution in [0.3, 0.4) is 0 Å². The first-order valence-electron chi connectivity index (χ1n) is 9.05. The number of para-hydroxylation sites is 1. The van der Waals surface area contributed by atoms with Crippen LogP contribution in [-0.2, 0) is 19.1 Å². The normalized spacial score (nSPS) is 19.8. The number of esters is 1. The van der Waals surface area contributed by atoms with E-state index in [0.717, 1.165) is 11.3 Å². The molecule has 1 saturated heterocycles. The van der Waals surface area contributed by atoms with E-state index >= 15 is 0 Å². The second-order valence-corrected chi connectivity index (χ2v) is 6.62. The maximum Gasteiger partial charge on any atom is 0.315 e. The summed E-state index contributed by atoms with van der Waals surface area (Å²) in [6.07, 6.45) is 2.56. The van der Waals surface area contributed by atoms with Gasteiger partial charge >= 0.3 is 5.97 Å². The molecule has 0 saturated carbocycles. The fourth-order valence-corrected chi connectivity index (χ4v) is 3.76. The van der Waals surface area contributed by atoms with Crippen molar-refractivity contribution < 1.29 is 19.1 Å². The van der Waals surface area contributed by atoms with Crippen LogP contribution in [0, 0.1) is 5.92 Å². The Kier molecular flexibility index (Phi) is 5.40. The number of amides is 2. The Balaban J connectivity index is 1.73. The van der Waals surface area contributed by atoms with E-state index in [1.165, 1.54) is 6.08 Å². The molecular formula is C20H24N2O4. The molecule has 1 aromatic rings. The average Bonchev–Trinajstić information content (AvgIpc) is 3.07.